The molecule has 1 aliphatic heterocycles. The van der Waals surface area contributed by atoms with Gasteiger partial charge in [-0.05, 0) is 37.6 Å². The van der Waals surface area contributed by atoms with Crippen LogP contribution < -0.4 is 5.32 Å². The first-order valence-electron chi connectivity index (χ1n) is 6.70. The first-order chi connectivity index (χ1) is 9.61. The fourth-order valence-electron chi connectivity index (χ4n) is 2.41. The lowest BCUT2D eigenvalue weighted by Gasteiger charge is -2.25. The second-order valence-electron chi connectivity index (χ2n) is 4.89. The molecule has 1 atom stereocenters. The maximum atomic E-state index is 13.0. The molecule has 0 bridgehead atoms. The second-order valence-corrected chi connectivity index (χ2v) is 5.30. The summed E-state index contributed by atoms with van der Waals surface area (Å²) in [4.78, 5) is 14.0. The Balaban J connectivity index is 2.12. The molecule has 0 aromatic heterocycles. The van der Waals surface area contributed by atoms with Crippen molar-refractivity contribution in [2.75, 3.05) is 26.2 Å². The highest BCUT2D eigenvalue weighted by Crippen LogP contribution is 2.20. The minimum absolute atomic E-state index is 0.0947. The van der Waals surface area contributed by atoms with Crippen molar-refractivity contribution >= 4 is 17.5 Å². The van der Waals surface area contributed by atoms with Gasteiger partial charge in [-0.3, -0.25) is 4.79 Å². The Morgan fingerprint density at radius 3 is 2.95 bits per heavy atom. The Hall–Kier alpha value is -1.17. The van der Waals surface area contributed by atoms with Gasteiger partial charge in [0.2, 0.25) is 0 Å². The van der Waals surface area contributed by atoms with Crippen molar-refractivity contribution < 1.29 is 14.3 Å². The van der Waals surface area contributed by atoms with E-state index in [1.807, 2.05) is 0 Å². The fourth-order valence-corrected chi connectivity index (χ4v) is 2.66. The van der Waals surface area contributed by atoms with Crippen molar-refractivity contribution in [2.24, 2.45) is 0 Å². The molecule has 0 aliphatic carbocycles. The molecule has 0 spiro atoms. The van der Waals surface area contributed by atoms with Crippen LogP contribution in [0, 0.1) is 5.82 Å². The number of nitrogens with zero attached hydrogens (tertiary/aromatic N) is 1. The predicted molar refractivity (Wildman–Crippen MR) is 75.4 cm³/mol. The lowest BCUT2D eigenvalue weighted by atomic mass is 10.1. The Labute approximate surface area is 122 Å². The maximum Gasteiger partial charge on any atom is 0.255 e. The van der Waals surface area contributed by atoms with E-state index >= 15 is 0 Å². The zero-order valence-corrected chi connectivity index (χ0v) is 11.9. The topological polar surface area (TPSA) is 52.6 Å². The van der Waals surface area contributed by atoms with E-state index in [0.29, 0.717) is 6.54 Å². The van der Waals surface area contributed by atoms with E-state index in [4.69, 9.17) is 16.7 Å². The van der Waals surface area contributed by atoms with Gasteiger partial charge in [0.1, 0.15) is 5.82 Å². The van der Waals surface area contributed by atoms with Crippen molar-refractivity contribution in [2.45, 2.75) is 18.9 Å². The van der Waals surface area contributed by atoms with Gasteiger partial charge in [-0.25, -0.2) is 4.39 Å². The third-order valence-corrected chi connectivity index (χ3v) is 3.73. The average molecular weight is 301 g/mol. The number of aliphatic hydroxyl groups excluding tert-OH is 1. The second kappa shape index (κ2) is 7.02. The summed E-state index contributed by atoms with van der Waals surface area (Å²) >= 11 is 5.92. The van der Waals surface area contributed by atoms with Gasteiger partial charge in [-0.1, -0.05) is 11.6 Å². The van der Waals surface area contributed by atoms with Crippen molar-refractivity contribution in [1.82, 2.24) is 10.2 Å². The molecule has 2 rings (SSSR count). The zero-order valence-electron chi connectivity index (χ0n) is 11.1. The Morgan fingerprint density at radius 2 is 2.35 bits per heavy atom. The van der Waals surface area contributed by atoms with Crippen molar-refractivity contribution in [3.05, 3.63) is 34.6 Å². The van der Waals surface area contributed by atoms with E-state index < -0.39 is 5.82 Å². The highest BCUT2D eigenvalue weighted by atomic mass is 35.5. The molecule has 4 nitrogen and oxygen atoms in total. The number of nitrogens with one attached hydrogen (secondary N) is 1. The van der Waals surface area contributed by atoms with Crippen LogP contribution in [0.5, 0.6) is 0 Å². The Bertz CT molecular complexity index is 478. The number of aliphatic hydroxyl groups is 1. The van der Waals surface area contributed by atoms with E-state index in [-0.39, 0.29) is 35.7 Å². The van der Waals surface area contributed by atoms with Crippen LogP contribution in [0.4, 0.5) is 4.39 Å². The first kappa shape index (κ1) is 15.2. The summed E-state index contributed by atoms with van der Waals surface area (Å²) in [6, 6.07) is 3.96. The molecule has 1 aromatic rings. The van der Waals surface area contributed by atoms with Crippen molar-refractivity contribution in [3.8, 4) is 0 Å². The number of rotatable bonds is 5. The molecule has 20 heavy (non-hydrogen) atoms. The summed E-state index contributed by atoms with van der Waals surface area (Å²) in [6.07, 6.45) is 2.09. The van der Waals surface area contributed by atoms with Crippen LogP contribution in [0.2, 0.25) is 5.02 Å². The van der Waals surface area contributed by atoms with Crippen LogP contribution in [-0.4, -0.2) is 48.2 Å². The summed E-state index contributed by atoms with van der Waals surface area (Å²) in [6.45, 7) is 1.60. The quantitative estimate of drug-likeness (QED) is 0.870. The van der Waals surface area contributed by atoms with Crippen LogP contribution in [-0.2, 0) is 0 Å². The molecule has 1 unspecified atom stereocenters. The summed E-state index contributed by atoms with van der Waals surface area (Å²) in [5.41, 5.74) is 0.263. The van der Waals surface area contributed by atoms with Crippen LogP contribution in [0.15, 0.2) is 18.2 Å². The monoisotopic (exact) mass is 300 g/mol. The Morgan fingerprint density at radius 1 is 1.55 bits per heavy atom. The van der Waals surface area contributed by atoms with E-state index in [1.165, 1.54) is 12.1 Å². The summed E-state index contributed by atoms with van der Waals surface area (Å²) in [7, 11) is 0. The molecule has 1 amide bonds. The van der Waals surface area contributed by atoms with Gasteiger partial charge in [-0.2, -0.15) is 0 Å². The number of carbonyl (C=O) groups is 1. The van der Waals surface area contributed by atoms with Gasteiger partial charge < -0.3 is 15.3 Å². The predicted octanol–water partition coefficient (Wildman–Crippen LogP) is 1.67. The molecule has 1 fully saturated rings. The normalized spacial score (nSPS) is 18.2. The number of amides is 1. The molecule has 1 aromatic carbocycles. The first-order valence-corrected chi connectivity index (χ1v) is 7.08. The maximum absolute atomic E-state index is 13.0. The van der Waals surface area contributed by atoms with Crippen molar-refractivity contribution in [1.29, 1.82) is 0 Å². The number of hydrogen-bond donors (Lipinski definition) is 2. The molecule has 0 saturated carbocycles. The van der Waals surface area contributed by atoms with Crippen LogP contribution in [0.1, 0.15) is 23.2 Å². The van der Waals surface area contributed by atoms with Crippen LogP contribution in [0.25, 0.3) is 0 Å². The molecule has 1 saturated heterocycles. The van der Waals surface area contributed by atoms with Gasteiger partial charge in [0.25, 0.3) is 5.91 Å². The van der Waals surface area contributed by atoms with E-state index in [0.717, 1.165) is 25.5 Å². The minimum Gasteiger partial charge on any atom is -0.395 e. The summed E-state index contributed by atoms with van der Waals surface area (Å²) in [5, 5.41) is 12.5. The van der Waals surface area contributed by atoms with Gasteiger partial charge in [-0.15, -0.1) is 0 Å². The summed E-state index contributed by atoms with van der Waals surface area (Å²) < 4.78 is 13.0. The Kier molecular flexibility index (Phi) is 5.34. The lowest BCUT2D eigenvalue weighted by Crippen LogP contribution is -2.42. The number of benzene rings is 1. The third-order valence-electron chi connectivity index (χ3n) is 3.42. The average Bonchev–Trinajstić information content (AvgIpc) is 2.90. The lowest BCUT2D eigenvalue weighted by molar-refractivity contribution is 0.0706. The molecule has 0 radical (unpaired) electrons. The van der Waals surface area contributed by atoms with Gasteiger partial charge >= 0.3 is 0 Å². The smallest absolute Gasteiger partial charge is 0.255 e. The highest BCUT2D eigenvalue weighted by Gasteiger charge is 2.23. The van der Waals surface area contributed by atoms with E-state index in [1.54, 1.807) is 4.90 Å². The molecule has 1 aliphatic rings. The molecule has 110 valence electrons. The van der Waals surface area contributed by atoms with Crippen LogP contribution >= 0.6 is 11.6 Å². The minimum atomic E-state index is -0.474. The van der Waals surface area contributed by atoms with Gasteiger partial charge in [0.05, 0.1) is 17.2 Å². The fraction of sp³-hybridized carbons (Fsp3) is 0.500. The van der Waals surface area contributed by atoms with Gasteiger partial charge in [0.15, 0.2) is 0 Å². The molecule has 1 heterocycles. The largest absolute Gasteiger partial charge is 0.395 e. The van der Waals surface area contributed by atoms with Crippen LogP contribution in [0.3, 0.4) is 0 Å². The standard InChI is InChI=1S/C14H18ClFN2O2/c15-13-8-10(16)3-4-12(13)14(20)18(6-7-19)9-11-2-1-5-17-11/h3-4,8,11,17,19H,1-2,5-7,9H2. The van der Waals surface area contributed by atoms with Crippen molar-refractivity contribution in [3.63, 3.8) is 0 Å². The zero-order chi connectivity index (χ0) is 14.5. The molecule has 6 heteroatoms. The highest BCUT2D eigenvalue weighted by molar-refractivity contribution is 6.33. The SMILES string of the molecule is O=C(c1ccc(F)cc1Cl)N(CCO)CC1CCCN1. The number of hydrogen-bond acceptors (Lipinski definition) is 3. The number of halogens is 2. The van der Waals surface area contributed by atoms with Gasteiger partial charge in [0, 0.05) is 19.1 Å². The molecule has 2 N–H and O–H groups in total. The molecular formula is C14H18ClFN2O2. The number of carbonyl (C=O) groups excluding carboxylic acids is 1. The third kappa shape index (κ3) is 3.69. The van der Waals surface area contributed by atoms with E-state index in [9.17, 15) is 9.18 Å². The summed E-state index contributed by atoms with van der Waals surface area (Å²) in [5.74, 6) is -0.754. The van der Waals surface area contributed by atoms with E-state index in [2.05, 4.69) is 5.32 Å². The molecular weight excluding hydrogens is 283 g/mol.